The van der Waals surface area contributed by atoms with Crippen LogP contribution in [-0.4, -0.2) is 36.7 Å². The summed E-state index contributed by atoms with van der Waals surface area (Å²) in [6.07, 6.45) is 25.3. The molecule has 40 heavy (non-hydrogen) atoms. The summed E-state index contributed by atoms with van der Waals surface area (Å²) in [4.78, 5) is 12.5. The molecule has 1 aliphatic heterocycles. The van der Waals surface area contributed by atoms with Crippen LogP contribution in [-0.2, 0) is 4.79 Å². The Labute approximate surface area is 242 Å². The maximum Gasteiger partial charge on any atom is 0.106 e. The van der Waals surface area contributed by atoms with E-state index in [2.05, 4.69) is 101 Å². The largest absolute Gasteiger partial charge is 0.394 e. The third-order valence-corrected chi connectivity index (χ3v) is 6.16. The van der Waals surface area contributed by atoms with Gasteiger partial charge in [-0.1, -0.05) is 68.3 Å². The highest BCUT2D eigenvalue weighted by Gasteiger charge is 2.20. The maximum atomic E-state index is 8.00. The molecule has 0 amide bonds. The van der Waals surface area contributed by atoms with Gasteiger partial charge in [-0.25, -0.2) is 0 Å². The fourth-order valence-electron chi connectivity index (χ4n) is 4.09. The first-order valence-electron chi connectivity index (χ1n) is 13.5. The molecule has 0 spiro atoms. The monoisotopic (exact) mass is 538 g/mol. The molecule has 1 aromatic rings. The minimum absolute atomic E-state index is 0.882. The molecule has 0 aliphatic carbocycles. The minimum atomic E-state index is 0.882. The number of unbranched alkanes of at least 4 members (excludes halogenated alkanes) is 1. The van der Waals surface area contributed by atoms with Crippen LogP contribution in [0.25, 0.3) is 5.70 Å². The van der Waals surface area contributed by atoms with E-state index in [1.165, 1.54) is 0 Å². The Morgan fingerprint density at radius 2 is 1.77 bits per heavy atom. The summed E-state index contributed by atoms with van der Waals surface area (Å²) >= 11 is 0. The highest BCUT2D eigenvalue weighted by atomic mass is 16.1. The Bertz CT molecular complexity index is 1160. The van der Waals surface area contributed by atoms with Gasteiger partial charge in [0.25, 0.3) is 0 Å². The molecular formula is C35H46N4O. The lowest BCUT2D eigenvalue weighted by atomic mass is 10.0. The number of hydrogen-bond acceptors (Lipinski definition) is 5. The highest BCUT2D eigenvalue weighted by Crippen LogP contribution is 2.31. The highest BCUT2D eigenvalue weighted by molar-refractivity contribution is 5.66. The number of carbonyl (C=O) groups is 1. The number of allylic oxidation sites excluding steroid dienone is 8. The summed E-state index contributed by atoms with van der Waals surface area (Å²) in [5, 5.41) is 6.61. The average molecular weight is 539 g/mol. The molecule has 5 nitrogen and oxygen atoms in total. The maximum absolute atomic E-state index is 8.00. The van der Waals surface area contributed by atoms with Crippen LogP contribution in [0.1, 0.15) is 38.7 Å². The van der Waals surface area contributed by atoms with Crippen LogP contribution >= 0.6 is 0 Å². The summed E-state index contributed by atoms with van der Waals surface area (Å²) in [5.74, 6) is 0. The van der Waals surface area contributed by atoms with E-state index in [4.69, 9.17) is 4.79 Å². The van der Waals surface area contributed by atoms with Crippen molar-refractivity contribution >= 4 is 18.2 Å². The van der Waals surface area contributed by atoms with Crippen molar-refractivity contribution in [3.05, 3.63) is 146 Å². The van der Waals surface area contributed by atoms with Crippen molar-refractivity contribution in [1.82, 2.24) is 15.1 Å². The molecule has 0 bridgehead atoms. The van der Waals surface area contributed by atoms with Crippen LogP contribution in [0.3, 0.4) is 0 Å². The van der Waals surface area contributed by atoms with Gasteiger partial charge in [-0.05, 0) is 80.8 Å². The molecule has 212 valence electrons. The second-order valence-electron chi connectivity index (χ2n) is 8.82. The van der Waals surface area contributed by atoms with Crippen LogP contribution < -0.4 is 10.6 Å². The van der Waals surface area contributed by atoms with Crippen molar-refractivity contribution in [2.45, 2.75) is 33.1 Å². The molecule has 1 aliphatic rings. The fraction of sp³-hybridized carbons (Fsp3) is 0.229. The normalized spacial score (nSPS) is 13.5. The Morgan fingerprint density at radius 1 is 1.05 bits per heavy atom. The molecule has 0 radical (unpaired) electrons. The molecule has 5 heteroatoms. The van der Waals surface area contributed by atoms with E-state index in [1.807, 2.05) is 64.4 Å². The zero-order valence-electron chi connectivity index (χ0n) is 24.5. The molecule has 0 fully saturated rings. The number of nitrogens with one attached hydrogen (secondary N) is 2. The van der Waals surface area contributed by atoms with Gasteiger partial charge >= 0.3 is 0 Å². The summed E-state index contributed by atoms with van der Waals surface area (Å²) in [5.41, 5.74) is 7.16. The molecule has 0 unspecified atom stereocenters. The Morgan fingerprint density at radius 3 is 2.38 bits per heavy atom. The van der Waals surface area contributed by atoms with E-state index in [-0.39, 0.29) is 0 Å². The third kappa shape index (κ3) is 10.3. The van der Waals surface area contributed by atoms with E-state index in [0.717, 1.165) is 72.0 Å². The van der Waals surface area contributed by atoms with Crippen molar-refractivity contribution in [3.8, 4) is 0 Å². The molecular weight excluding hydrogens is 492 g/mol. The molecule has 0 aromatic heterocycles. The second-order valence-corrected chi connectivity index (χ2v) is 8.82. The number of nitrogens with zero attached hydrogens (tertiary/aromatic N) is 2. The van der Waals surface area contributed by atoms with Crippen LogP contribution in [0, 0.1) is 0 Å². The average Bonchev–Trinajstić information content (AvgIpc) is 2.98. The van der Waals surface area contributed by atoms with Crippen molar-refractivity contribution < 1.29 is 4.79 Å². The Hall–Kier alpha value is -4.51. The van der Waals surface area contributed by atoms with Crippen molar-refractivity contribution in [2.24, 2.45) is 0 Å². The smallest absolute Gasteiger partial charge is 0.106 e. The molecule has 0 saturated heterocycles. The van der Waals surface area contributed by atoms with E-state index in [0.29, 0.717) is 0 Å². The topological polar surface area (TPSA) is 47.6 Å². The standard InChI is InChI=1S/C34H44N4.CH2O/c1-8-12-14-15-16-27-37(26-13-9-2)28(5)31-17-19-32(20-18-31)36-33-21-22-34(30(11-4)23-24-35-7)38(25-10-3)29(33)6;1-2/h8-12,14,17-25,35-36H,1-2,5-6,13,15-16,26-27H2,3-4,7H3;1H2/b14-12+,24-23-,25-10-,30-11+;. The van der Waals surface area contributed by atoms with Gasteiger partial charge < -0.3 is 25.2 Å². The van der Waals surface area contributed by atoms with Crippen LogP contribution in [0.5, 0.6) is 0 Å². The van der Waals surface area contributed by atoms with E-state index in [9.17, 15) is 0 Å². The quantitative estimate of drug-likeness (QED) is 0.127. The van der Waals surface area contributed by atoms with Crippen LogP contribution in [0.2, 0.25) is 0 Å². The molecule has 2 rings (SSSR count). The lowest BCUT2D eigenvalue weighted by molar-refractivity contribution is -0.0979. The SMILES string of the molecule is C=C/C=C/CCCN(CCC=C)C(=C)c1ccc(NC2=CC=C(C(/C=C\NC)=C/C)N(/C=C\C)C2=C)cc1.C=O. The fourth-order valence-corrected chi connectivity index (χ4v) is 4.09. The van der Waals surface area contributed by atoms with Crippen molar-refractivity contribution in [2.75, 3.05) is 25.5 Å². The van der Waals surface area contributed by atoms with Crippen molar-refractivity contribution in [3.63, 3.8) is 0 Å². The van der Waals surface area contributed by atoms with Crippen LogP contribution in [0.4, 0.5) is 5.69 Å². The van der Waals surface area contributed by atoms with Gasteiger partial charge in [0.1, 0.15) is 6.79 Å². The number of carbonyl (C=O) groups excluding carboxylic acids is 1. The predicted octanol–water partition coefficient (Wildman–Crippen LogP) is 8.09. The lowest BCUT2D eigenvalue weighted by Gasteiger charge is -2.31. The first-order chi connectivity index (χ1) is 19.5. The molecule has 1 heterocycles. The summed E-state index contributed by atoms with van der Waals surface area (Å²) < 4.78 is 0. The zero-order chi connectivity index (χ0) is 29.8. The predicted molar refractivity (Wildman–Crippen MR) is 175 cm³/mol. The first-order valence-corrected chi connectivity index (χ1v) is 13.5. The van der Waals surface area contributed by atoms with Gasteiger partial charge in [0.05, 0.1) is 17.1 Å². The third-order valence-electron chi connectivity index (χ3n) is 6.16. The van der Waals surface area contributed by atoms with E-state index < -0.39 is 0 Å². The lowest BCUT2D eigenvalue weighted by Crippen LogP contribution is -2.24. The van der Waals surface area contributed by atoms with Gasteiger partial charge in [-0.15, -0.1) is 6.58 Å². The number of rotatable bonds is 16. The number of anilines is 1. The summed E-state index contributed by atoms with van der Waals surface area (Å²) in [7, 11) is 1.90. The first kappa shape index (κ1) is 33.5. The number of benzene rings is 1. The zero-order valence-corrected chi connectivity index (χ0v) is 24.5. The van der Waals surface area contributed by atoms with Gasteiger partial charge in [0.15, 0.2) is 0 Å². The van der Waals surface area contributed by atoms with Gasteiger partial charge in [0.2, 0.25) is 0 Å². The summed E-state index contributed by atoms with van der Waals surface area (Å²) in [6.45, 7) is 24.3. The summed E-state index contributed by atoms with van der Waals surface area (Å²) in [6, 6.07) is 8.44. The van der Waals surface area contributed by atoms with Crippen molar-refractivity contribution in [1.29, 1.82) is 0 Å². The van der Waals surface area contributed by atoms with Gasteiger partial charge in [0, 0.05) is 37.7 Å². The minimum Gasteiger partial charge on any atom is -0.394 e. The molecule has 0 atom stereocenters. The van der Waals surface area contributed by atoms with E-state index >= 15 is 0 Å². The molecule has 2 N–H and O–H groups in total. The Balaban J connectivity index is 0.00000391. The van der Waals surface area contributed by atoms with E-state index in [1.54, 1.807) is 0 Å². The van der Waals surface area contributed by atoms with Gasteiger partial charge in [-0.3, -0.25) is 0 Å². The second kappa shape index (κ2) is 19.5. The molecule has 1 aromatic carbocycles. The van der Waals surface area contributed by atoms with Crippen LogP contribution in [0.15, 0.2) is 140 Å². The Kier molecular flexibility index (Phi) is 16.4. The molecule has 0 saturated carbocycles. The van der Waals surface area contributed by atoms with Gasteiger partial charge in [-0.2, -0.15) is 0 Å². The number of hydrogen-bond donors (Lipinski definition) is 2.